The quantitative estimate of drug-likeness (QED) is 0.823. The molecule has 2 N–H and O–H groups in total. The third-order valence-corrected chi connectivity index (χ3v) is 3.37. The van der Waals surface area contributed by atoms with Gasteiger partial charge in [-0.05, 0) is 18.9 Å². The fourth-order valence-corrected chi connectivity index (χ4v) is 1.99. The van der Waals surface area contributed by atoms with Gasteiger partial charge in [-0.2, -0.15) is 0 Å². The maximum Gasteiger partial charge on any atom is 0.134 e. The highest BCUT2D eigenvalue weighted by Gasteiger charge is 2.41. The van der Waals surface area contributed by atoms with Gasteiger partial charge >= 0.3 is 0 Å². The summed E-state index contributed by atoms with van der Waals surface area (Å²) in [4.78, 5) is 0. The van der Waals surface area contributed by atoms with E-state index in [0.717, 1.165) is 35.9 Å². The van der Waals surface area contributed by atoms with E-state index >= 15 is 0 Å². The Morgan fingerprint density at radius 3 is 2.88 bits per heavy atom. The lowest BCUT2D eigenvalue weighted by atomic mass is 10.1. The first-order valence-corrected chi connectivity index (χ1v) is 5.64. The Morgan fingerprint density at radius 2 is 2.12 bits per heavy atom. The Balaban J connectivity index is 1.79. The monoisotopic (exact) mass is 217 g/mol. The summed E-state index contributed by atoms with van der Waals surface area (Å²) in [6.07, 6.45) is 3.93. The summed E-state index contributed by atoms with van der Waals surface area (Å²) >= 11 is 0. The van der Waals surface area contributed by atoms with Crippen molar-refractivity contribution in [3.8, 4) is 0 Å². The smallest absolute Gasteiger partial charge is 0.134 e. The van der Waals surface area contributed by atoms with E-state index in [4.69, 9.17) is 4.42 Å². The maximum atomic E-state index is 9.21. The molecule has 1 fully saturated rings. The van der Waals surface area contributed by atoms with Gasteiger partial charge in [-0.3, -0.25) is 0 Å². The van der Waals surface area contributed by atoms with Gasteiger partial charge in [0.15, 0.2) is 0 Å². The lowest BCUT2D eigenvalue weighted by Crippen LogP contribution is -2.34. The van der Waals surface area contributed by atoms with Gasteiger partial charge in [0.1, 0.15) is 5.58 Å². The van der Waals surface area contributed by atoms with Gasteiger partial charge in [0.2, 0.25) is 0 Å². The highest BCUT2D eigenvalue weighted by Crippen LogP contribution is 2.35. The third kappa shape index (κ3) is 1.62. The molecule has 1 aliphatic carbocycles. The molecular formula is C13H15NO2. The number of rotatable bonds is 4. The van der Waals surface area contributed by atoms with Crippen LogP contribution in [0.5, 0.6) is 0 Å². The predicted octanol–water partition coefficient (Wildman–Crippen LogP) is 2.05. The molecule has 0 saturated heterocycles. The number of aliphatic hydroxyl groups is 1. The number of fused-ring (bicyclic) bond motifs is 1. The van der Waals surface area contributed by atoms with Crippen LogP contribution in [0.4, 0.5) is 0 Å². The van der Waals surface area contributed by atoms with Crippen LogP contribution in [0.3, 0.4) is 0 Å². The molecule has 3 nitrogen and oxygen atoms in total. The van der Waals surface area contributed by atoms with Gasteiger partial charge in [-0.1, -0.05) is 18.2 Å². The highest BCUT2D eigenvalue weighted by atomic mass is 16.3. The molecule has 0 spiro atoms. The molecule has 0 aliphatic heterocycles. The van der Waals surface area contributed by atoms with E-state index in [1.165, 1.54) is 0 Å². The summed E-state index contributed by atoms with van der Waals surface area (Å²) in [5.74, 6) is 0. The van der Waals surface area contributed by atoms with E-state index in [1.807, 2.05) is 18.2 Å². The van der Waals surface area contributed by atoms with Crippen LogP contribution in [0.25, 0.3) is 11.0 Å². The largest absolute Gasteiger partial charge is 0.464 e. The van der Waals surface area contributed by atoms with Gasteiger partial charge in [0.05, 0.1) is 12.9 Å². The first kappa shape index (κ1) is 9.87. The van der Waals surface area contributed by atoms with Crippen molar-refractivity contribution >= 4 is 11.0 Å². The summed E-state index contributed by atoms with van der Waals surface area (Å²) in [6.45, 7) is 0.986. The Hall–Kier alpha value is -1.32. The summed E-state index contributed by atoms with van der Waals surface area (Å²) < 4.78 is 5.47. The predicted molar refractivity (Wildman–Crippen MR) is 62.1 cm³/mol. The molecule has 3 heteroatoms. The standard InChI is InChI=1S/C13H15NO2/c15-9-13(5-6-13)14-7-10-8-16-12-4-2-1-3-11(10)12/h1-4,8,14-15H,5-7,9H2. The third-order valence-electron chi connectivity index (χ3n) is 3.37. The molecule has 2 aromatic rings. The molecule has 0 amide bonds. The summed E-state index contributed by atoms with van der Waals surface area (Å²) in [5, 5.41) is 13.8. The fraction of sp³-hybridized carbons (Fsp3) is 0.385. The van der Waals surface area contributed by atoms with Crippen molar-refractivity contribution in [1.29, 1.82) is 0 Å². The topological polar surface area (TPSA) is 45.4 Å². The Bertz CT molecular complexity index is 499. The fourth-order valence-electron chi connectivity index (χ4n) is 1.99. The zero-order chi connectivity index (χ0) is 11.0. The molecule has 0 bridgehead atoms. The van der Waals surface area contributed by atoms with Crippen LogP contribution in [-0.2, 0) is 6.54 Å². The van der Waals surface area contributed by atoms with Crippen LogP contribution in [0.15, 0.2) is 34.9 Å². The number of nitrogens with one attached hydrogen (secondary N) is 1. The maximum absolute atomic E-state index is 9.21. The van der Waals surface area contributed by atoms with Crippen molar-refractivity contribution in [3.63, 3.8) is 0 Å². The van der Waals surface area contributed by atoms with E-state index in [1.54, 1.807) is 6.26 Å². The van der Waals surface area contributed by atoms with E-state index in [9.17, 15) is 5.11 Å². The number of hydrogen-bond acceptors (Lipinski definition) is 3. The number of para-hydroxylation sites is 1. The van der Waals surface area contributed by atoms with Crippen LogP contribution < -0.4 is 5.32 Å². The van der Waals surface area contributed by atoms with Crippen molar-refractivity contribution in [1.82, 2.24) is 5.32 Å². The second-order valence-corrected chi connectivity index (χ2v) is 4.55. The number of benzene rings is 1. The van der Waals surface area contributed by atoms with E-state index < -0.39 is 0 Å². The summed E-state index contributed by atoms with van der Waals surface area (Å²) in [6, 6.07) is 8.02. The zero-order valence-corrected chi connectivity index (χ0v) is 9.07. The minimum atomic E-state index is -0.0155. The van der Waals surface area contributed by atoms with Crippen LogP contribution in [0.2, 0.25) is 0 Å². The van der Waals surface area contributed by atoms with Gasteiger partial charge in [0, 0.05) is 23.0 Å². The zero-order valence-electron chi connectivity index (χ0n) is 9.07. The van der Waals surface area contributed by atoms with Crippen molar-refractivity contribution in [2.75, 3.05) is 6.61 Å². The van der Waals surface area contributed by atoms with Gasteiger partial charge in [-0.25, -0.2) is 0 Å². The van der Waals surface area contributed by atoms with Crippen LogP contribution in [0, 0.1) is 0 Å². The minimum absolute atomic E-state index is 0.0155. The van der Waals surface area contributed by atoms with Crippen LogP contribution >= 0.6 is 0 Å². The number of hydrogen-bond donors (Lipinski definition) is 2. The Morgan fingerprint density at radius 1 is 1.31 bits per heavy atom. The first-order chi connectivity index (χ1) is 7.83. The van der Waals surface area contributed by atoms with E-state index in [2.05, 4.69) is 11.4 Å². The van der Waals surface area contributed by atoms with Gasteiger partial charge < -0.3 is 14.8 Å². The van der Waals surface area contributed by atoms with Crippen LogP contribution in [-0.4, -0.2) is 17.3 Å². The van der Waals surface area contributed by atoms with Crippen molar-refractivity contribution in [2.24, 2.45) is 0 Å². The second kappa shape index (κ2) is 3.61. The molecular weight excluding hydrogens is 202 g/mol. The molecule has 16 heavy (non-hydrogen) atoms. The highest BCUT2D eigenvalue weighted by molar-refractivity contribution is 5.80. The first-order valence-electron chi connectivity index (χ1n) is 5.64. The normalized spacial score (nSPS) is 17.8. The Labute approximate surface area is 94.1 Å². The summed E-state index contributed by atoms with van der Waals surface area (Å²) in [7, 11) is 0. The molecule has 0 atom stereocenters. The van der Waals surface area contributed by atoms with Crippen molar-refractivity contribution in [2.45, 2.75) is 24.9 Å². The van der Waals surface area contributed by atoms with Gasteiger partial charge in [-0.15, -0.1) is 0 Å². The average molecular weight is 217 g/mol. The lowest BCUT2D eigenvalue weighted by molar-refractivity contribution is 0.229. The molecule has 0 radical (unpaired) electrons. The molecule has 0 unspecified atom stereocenters. The summed E-state index contributed by atoms with van der Waals surface area (Å²) in [5.41, 5.74) is 2.07. The molecule has 3 rings (SSSR count). The van der Waals surface area contributed by atoms with Crippen molar-refractivity contribution < 1.29 is 9.52 Å². The Kier molecular flexibility index (Phi) is 2.23. The second-order valence-electron chi connectivity index (χ2n) is 4.55. The minimum Gasteiger partial charge on any atom is -0.464 e. The van der Waals surface area contributed by atoms with Gasteiger partial charge in [0.25, 0.3) is 0 Å². The molecule has 1 heterocycles. The molecule has 1 aliphatic rings. The SMILES string of the molecule is OCC1(NCc2coc3ccccc23)CC1. The van der Waals surface area contributed by atoms with Crippen LogP contribution in [0.1, 0.15) is 18.4 Å². The molecule has 1 aromatic heterocycles. The molecule has 1 aromatic carbocycles. The number of aliphatic hydroxyl groups excluding tert-OH is 1. The van der Waals surface area contributed by atoms with Crippen molar-refractivity contribution in [3.05, 3.63) is 36.1 Å². The molecule has 1 saturated carbocycles. The van der Waals surface area contributed by atoms with E-state index in [-0.39, 0.29) is 12.1 Å². The average Bonchev–Trinajstić information content (AvgIpc) is 3.01. The van der Waals surface area contributed by atoms with E-state index in [0.29, 0.717) is 0 Å². The molecule has 84 valence electrons. The lowest BCUT2D eigenvalue weighted by Gasteiger charge is -2.12. The number of furan rings is 1.